The molecule has 4 aromatic rings. The first-order chi connectivity index (χ1) is 23.7. The number of rotatable bonds is 15. The van der Waals surface area contributed by atoms with E-state index in [9.17, 15) is 17.6 Å². The maximum Gasteiger partial charge on any atom is 0.458 e. The first kappa shape index (κ1) is 36.1. The van der Waals surface area contributed by atoms with Crippen molar-refractivity contribution in [2.24, 2.45) is 5.92 Å². The van der Waals surface area contributed by atoms with Crippen molar-refractivity contribution in [2.45, 2.75) is 83.4 Å². The van der Waals surface area contributed by atoms with Crippen molar-refractivity contribution in [3.8, 4) is 11.3 Å². The standard InChI is InChI=1S/C38H46BFN2O7S/c1-37(2)38(3,4)49-39(48-37)23-25(17-19-46-24-26-9-7-6-8-10-26)18-20-50(44,45)42-32-22-33-31(21-30(32)27-11-12-27)34(36(43)41-5)35(47-33)28-13-15-29(40)16-14-28/h6-10,13-16,21-22,25,27,42H,11-12,17-20,23-24H2,1-5H3,(H,41,43). The van der Waals surface area contributed by atoms with Crippen molar-refractivity contribution >= 4 is 39.7 Å². The lowest BCUT2D eigenvalue weighted by atomic mass is 9.75. The number of anilines is 1. The van der Waals surface area contributed by atoms with Gasteiger partial charge in [0.2, 0.25) is 10.0 Å². The fourth-order valence-electron chi connectivity index (χ4n) is 6.40. The summed E-state index contributed by atoms with van der Waals surface area (Å²) in [6.07, 6.45) is 3.39. The van der Waals surface area contributed by atoms with Crippen LogP contribution in [0.1, 0.15) is 80.8 Å². The second kappa shape index (κ2) is 14.5. The number of halogens is 1. The minimum atomic E-state index is -3.80. The van der Waals surface area contributed by atoms with Crippen LogP contribution in [0.3, 0.4) is 0 Å². The van der Waals surface area contributed by atoms with Gasteiger partial charge in [0.15, 0.2) is 0 Å². The fourth-order valence-corrected chi connectivity index (χ4v) is 7.66. The van der Waals surface area contributed by atoms with E-state index in [4.69, 9.17) is 18.5 Å². The zero-order valence-corrected chi connectivity index (χ0v) is 30.2. The van der Waals surface area contributed by atoms with Crippen LogP contribution in [0.15, 0.2) is 71.1 Å². The molecule has 266 valence electrons. The van der Waals surface area contributed by atoms with Crippen LogP contribution in [0.25, 0.3) is 22.3 Å². The van der Waals surface area contributed by atoms with Crippen LogP contribution in [0.2, 0.25) is 6.32 Å². The van der Waals surface area contributed by atoms with Crippen molar-refractivity contribution in [3.05, 3.63) is 89.2 Å². The average molecular weight is 705 g/mol. The molecule has 0 bridgehead atoms. The van der Waals surface area contributed by atoms with Crippen LogP contribution >= 0.6 is 0 Å². The number of carbonyl (C=O) groups excluding carboxylic acids is 1. The number of nitrogens with one attached hydrogen (secondary N) is 2. The van der Waals surface area contributed by atoms with Gasteiger partial charge in [0.05, 0.1) is 34.8 Å². The monoisotopic (exact) mass is 704 g/mol. The summed E-state index contributed by atoms with van der Waals surface area (Å²) in [6, 6.07) is 19.2. The second-order valence-electron chi connectivity index (χ2n) is 14.4. The van der Waals surface area contributed by atoms with E-state index in [1.165, 1.54) is 19.2 Å². The third-order valence-electron chi connectivity index (χ3n) is 10.1. The lowest BCUT2D eigenvalue weighted by molar-refractivity contribution is 0.00578. The predicted octanol–water partition coefficient (Wildman–Crippen LogP) is 7.92. The molecular weight excluding hydrogens is 658 g/mol. The highest BCUT2D eigenvalue weighted by Gasteiger charge is 2.51. The third kappa shape index (κ3) is 8.25. The lowest BCUT2D eigenvalue weighted by Crippen LogP contribution is -2.41. The average Bonchev–Trinajstić information content (AvgIpc) is 3.81. The molecular formula is C38H46BFN2O7S. The van der Waals surface area contributed by atoms with Gasteiger partial charge in [-0.25, -0.2) is 12.8 Å². The zero-order chi connectivity index (χ0) is 35.7. The van der Waals surface area contributed by atoms with Gasteiger partial charge >= 0.3 is 7.12 Å². The maximum absolute atomic E-state index is 13.7. The minimum absolute atomic E-state index is 0.0408. The summed E-state index contributed by atoms with van der Waals surface area (Å²) in [4.78, 5) is 13.1. The van der Waals surface area contributed by atoms with Crippen molar-refractivity contribution in [1.82, 2.24) is 5.32 Å². The summed E-state index contributed by atoms with van der Waals surface area (Å²) in [5.74, 6) is -0.449. The lowest BCUT2D eigenvalue weighted by Gasteiger charge is -2.32. The Bertz CT molecular complexity index is 1910. The van der Waals surface area contributed by atoms with Crippen LogP contribution in [-0.2, 0) is 30.7 Å². The Hall–Kier alpha value is -3.71. The highest BCUT2D eigenvalue weighted by atomic mass is 32.2. The number of fused-ring (bicyclic) bond motifs is 1. The van der Waals surface area contributed by atoms with Crippen molar-refractivity contribution in [1.29, 1.82) is 0 Å². The molecule has 1 atom stereocenters. The van der Waals surface area contributed by atoms with Gasteiger partial charge in [-0.3, -0.25) is 9.52 Å². The molecule has 0 radical (unpaired) electrons. The van der Waals surface area contributed by atoms with E-state index < -0.39 is 34.2 Å². The Morgan fingerprint density at radius 2 is 1.68 bits per heavy atom. The quantitative estimate of drug-likeness (QED) is 0.0954. The number of hydrogen-bond donors (Lipinski definition) is 2. The smallest absolute Gasteiger partial charge is 0.455 e. The van der Waals surface area contributed by atoms with Crippen LogP contribution in [0.4, 0.5) is 10.1 Å². The van der Waals surface area contributed by atoms with Crippen molar-refractivity contribution in [3.63, 3.8) is 0 Å². The first-order valence-corrected chi connectivity index (χ1v) is 19.0. The van der Waals surface area contributed by atoms with Gasteiger partial charge in [0.1, 0.15) is 17.2 Å². The van der Waals surface area contributed by atoms with Gasteiger partial charge in [-0.2, -0.15) is 0 Å². The number of benzene rings is 3. The second-order valence-corrected chi connectivity index (χ2v) is 16.3. The summed E-state index contributed by atoms with van der Waals surface area (Å²) < 4.78 is 68.8. The number of furan rings is 1. The Labute approximate surface area is 294 Å². The van der Waals surface area contributed by atoms with Crippen LogP contribution in [0, 0.1) is 11.7 Å². The molecule has 12 heteroatoms. The van der Waals surface area contributed by atoms with E-state index >= 15 is 0 Å². The molecule has 2 N–H and O–H groups in total. The molecule has 2 fully saturated rings. The molecule has 1 unspecified atom stereocenters. The van der Waals surface area contributed by atoms with E-state index in [0.29, 0.717) is 65.9 Å². The number of hydrogen-bond acceptors (Lipinski definition) is 7. The van der Waals surface area contributed by atoms with Gasteiger partial charge in [-0.05, 0) is 113 Å². The molecule has 1 aromatic heterocycles. The highest BCUT2D eigenvalue weighted by molar-refractivity contribution is 7.92. The number of amides is 1. The molecule has 0 spiro atoms. The minimum Gasteiger partial charge on any atom is -0.455 e. The van der Waals surface area contributed by atoms with E-state index in [1.54, 1.807) is 18.2 Å². The van der Waals surface area contributed by atoms with Crippen molar-refractivity contribution < 1.29 is 36.1 Å². The SMILES string of the molecule is CNC(=O)c1c(-c2ccc(F)cc2)oc2cc(NS(=O)(=O)CCC(CCOCc3ccccc3)CB3OC(C)(C)C(C)(C)O3)c(C3CC3)cc12. The van der Waals surface area contributed by atoms with E-state index in [1.807, 2.05) is 64.1 Å². The molecule has 1 saturated heterocycles. The molecule has 50 heavy (non-hydrogen) atoms. The molecule has 1 aliphatic heterocycles. The number of ether oxygens (including phenoxy) is 1. The summed E-state index contributed by atoms with van der Waals surface area (Å²) >= 11 is 0. The Morgan fingerprint density at radius 3 is 2.32 bits per heavy atom. The van der Waals surface area contributed by atoms with E-state index in [0.717, 1.165) is 24.0 Å². The topological polar surface area (TPSA) is 116 Å². The number of sulfonamides is 1. The van der Waals surface area contributed by atoms with Gasteiger partial charge in [0, 0.05) is 30.7 Å². The molecule has 1 aliphatic carbocycles. The number of carbonyl (C=O) groups is 1. The molecule has 1 saturated carbocycles. The van der Waals surface area contributed by atoms with Crippen LogP contribution in [-0.4, -0.2) is 52.1 Å². The summed E-state index contributed by atoms with van der Waals surface area (Å²) in [6.45, 7) is 8.98. The Balaban J connectivity index is 1.21. The molecule has 2 aliphatic rings. The third-order valence-corrected chi connectivity index (χ3v) is 11.4. The van der Waals surface area contributed by atoms with Crippen LogP contribution in [0.5, 0.6) is 0 Å². The molecule has 3 aromatic carbocycles. The fraction of sp³-hybridized carbons (Fsp3) is 0.447. The van der Waals surface area contributed by atoms with Gasteiger partial charge in [-0.1, -0.05) is 30.3 Å². The molecule has 6 rings (SSSR count). The molecule has 9 nitrogen and oxygen atoms in total. The first-order valence-electron chi connectivity index (χ1n) is 17.3. The zero-order valence-electron chi connectivity index (χ0n) is 29.4. The molecule has 2 heterocycles. The Morgan fingerprint density at radius 1 is 1.00 bits per heavy atom. The van der Waals surface area contributed by atoms with Gasteiger partial charge < -0.3 is 23.8 Å². The van der Waals surface area contributed by atoms with Crippen molar-refractivity contribution in [2.75, 3.05) is 24.1 Å². The van der Waals surface area contributed by atoms with E-state index in [2.05, 4.69) is 10.0 Å². The maximum atomic E-state index is 13.7. The summed E-state index contributed by atoms with van der Waals surface area (Å²) in [7, 11) is -2.71. The summed E-state index contributed by atoms with van der Waals surface area (Å²) in [5, 5.41) is 3.25. The molecule has 1 amide bonds. The largest absolute Gasteiger partial charge is 0.458 e. The van der Waals surface area contributed by atoms with Gasteiger partial charge in [-0.15, -0.1) is 0 Å². The van der Waals surface area contributed by atoms with Crippen LogP contribution < -0.4 is 10.0 Å². The van der Waals surface area contributed by atoms with E-state index in [-0.39, 0.29) is 23.5 Å². The Kier molecular flexibility index (Phi) is 10.5. The van der Waals surface area contributed by atoms with Gasteiger partial charge in [0.25, 0.3) is 5.91 Å². The predicted molar refractivity (Wildman–Crippen MR) is 194 cm³/mol. The highest BCUT2D eigenvalue weighted by Crippen LogP contribution is 2.47. The normalized spacial score (nSPS) is 17.6. The summed E-state index contributed by atoms with van der Waals surface area (Å²) in [5.41, 5.74) is 2.59.